The maximum Gasteiger partial charge on any atom is 0.257 e. The minimum absolute atomic E-state index is 0.0375. The summed E-state index contributed by atoms with van der Waals surface area (Å²) in [6.07, 6.45) is 8.10. The van der Waals surface area contributed by atoms with E-state index >= 15 is 0 Å². The van der Waals surface area contributed by atoms with Gasteiger partial charge in [-0.25, -0.2) is 41.8 Å². The lowest BCUT2D eigenvalue weighted by Crippen LogP contribution is -2.18. The minimum Gasteiger partial charge on any atom is -0.399 e. The SMILES string of the molecule is CN1Cc2nc(Cl)cc(Cl)c2C1=O.CN1Cc2nc(Cl)cc(Nc3ccc(Cl)cc3S(C)(=O)=O)c2C1=O.CN1Cc2nc(Cl)cc(Nc3ccc(Cl)cc3S(C)(=O)=O)c2C1=O.CSc1cc(Cl)ccc1N.CSc1cc(Cl)ccc1N.CSc1cc(Cl)ccc1Nc1cc(Cl)nc2c1C(=O)N(C)C2.Cc1ccc(N)nn1.Nc1ccc(Cl)cc1.Nc1nc2ccc(Cl)cc2s1. The molecule has 10 heterocycles. The molecule has 0 saturated carbocycles. The van der Waals surface area contributed by atoms with E-state index in [0.29, 0.717) is 141 Å². The Morgan fingerprint density at radius 1 is 0.362 bits per heavy atom. The highest BCUT2D eigenvalue weighted by molar-refractivity contribution is 7.99. The number of amides is 4. The number of nitrogens with two attached hydrogens (primary N) is 5. The third kappa shape index (κ3) is 28.9. The van der Waals surface area contributed by atoms with Crippen molar-refractivity contribution < 1.29 is 36.0 Å². The number of carbonyl (C=O) groups is 4. The fourth-order valence-corrected chi connectivity index (χ4v) is 19.0. The van der Waals surface area contributed by atoms with E-state index in [2.05, 4.69) is 51.1 Å². The van der Waals surface area contributed by atoms with Gasteiger partial charge in [-0.15, -0.1) is 40.4 Å². The van der Waals surface area contributed by atoms with E-state index in [-0.39, 0.29) is 43.7 Å². The molecule has 0 atom stereocenters. The van der Waals surface area contributed by atoms with Crippen molar-refractivity contribution in [1.29, 1.82) is 0 Å². The number of sulfone groups is 2. The van der Waals surface area contributed by atoms with Crippen LogP contribution in [-0.2, 0) is 45.9 Å². The van der Waals surface area contributed by atoms with Gasteiger partial charge in [0.2, 0.25) is 0 Å². The number of aryl methyl sites for hydroxylation is 1. The zero-order valence-electron chi connectivity index (χ0n) is 70.1. The molecule has 0 spiro atoms. The second-order valence-corrected chi connectivity index (χ2v) is 40.6. The van der Waals surface area contributed by atoms with Gasteiger partial charge >= 0.3 is 0 Å². The summed E-state index contributed by atoms with van der Waals surface area (Å²) in [7, 11) is -0.264. The number of hydrogen-bond acceptors (Lipinski definition) is 27. The number of halogens is 12. The number of thiazole rings is 1. The minimum atomic E-state index is -3.52. The summed E-state index contributed by atoms with van der Waals surface area (Å²) < 4.78 is 49.0. The van der Waals surface area contributed by atoms with Crippen molar-refractivity contribution >= 4 is 301 Å². The predicted octanol–water partition coefficient (Wildman–Crippen LogP) is 22.8. The predicted molar refractivity (Wildman–Crippen MR) is 539 cm³/mol. The number of aromatic nitrogens is 7. The summed E-state index contributed by atoms with van der Waals surface area (Å²) in [6.45, 7) is 3.52. The Hall–Kier alpha value is -9.18. The number of anilines is 11. The highest BCUT2D eigenvalue weighted by Crippen LogP contribution is 2.41. The van der Waals surface area contributed by atoms with E-state index < -0.39 is 19.7 Å². The molecular weight excluding hydrogens is 2030 g/mol. The normalized spacial score (nSPS) is 12.5. The molecule has 45 heteroatoms. The van der Waals surface area contributed by atoms with Gasteiger partial charge in [-0.1, -0.05) is 151 Å². The molecule has 0 bridgehead atoms. The molecule has 0 fully saturated rings. The van der Waals surface area contributed by atoms with Gasteiger partial charge in [0.15, 0.2) is 24.8 Å². The van der Waals surface area contributed by atoms with E-state index in [0.717, 1.165) is 85.9 Å². The number of pyridine rings is 4. The van der Waals surface area contributed by atoms with Gasteiger partial charge in [-0.05, 0) is 196 Å². The number of nitrogen functional groups attached to an aromatic ring is 5. The second-order valence-electron chi connectivity index (χ2n) is 28.0. The van der Waals surface area contributed by atoms with Crippen LogP contribution in [0.3, 0.4) is 0 Å². The first-order valence-electron chi connectivity index (χ1n) is 37.4. The molecular formula is C85H79Cl12N19O8S6. The monoisotopic (exact) mass is 2110 g/mol. The summed E-state index contributed by atoms with van der Waals surface area (Å²) in [5.41, 5.74) is 38.8. The van der Waals surface area contributed by atoms with Crippen LogP contribution < -0.4 is 44.6 Å². The van der Waals surface area contributed by atoms with Crippen molar-refractivity contribution in [2.24, 2.45) is 0 Å². The molecule has 7 aromatic carbocycles. The van der Waals surface area contributed by atoms with Crippen LogP contribution in [0.2, 0.25) is 60.8 Å². The summed E-state index contributed by atoms with van der Waals surface area (Å²) in [4.78, 5) is 78.5. The number of nitrogens with one attached hydrogen (secondary N) is 3. The number of benzene rings is 7. The lowest BCUT2D eigenvalue weighted by atomic mass is 10.1. The number of hydrogen-bond donors (Lipinski definition) is 8. The molecule has 27 nitrogen and oxygen atoms in total. The van der Waals surface area contributed by atoms with Crippen LogP contribution in [-0.4, -0.2) is 155 Å². The molecule has 4 aliphatic rings. The maximum atomic E-state index is 12.3. The number of thioether (sulfide) groups is 3. The molecule has 13 aromatic rings. The van der Waals surface area contributed by atoms with Crippen molar-refractivity contribution in [2.45, 2.75) is 57.6 Å². The molecule has 13 N–H and O–H groups in total. The molecule has 0 saturated heterocycles. The van der Waals surface area contributed by atoms with Crippen molar-refractivity contribution in [3.63, 3.8) is 0 Å². The number of fused-ring (bicyclic) bond motifs is 5. The quantitative estimate of drug-likeness (QED) is 0.0339. The van der Waals surface area contributed by atoms with Gasteiger partial charge in [-0.2, -0.15) is 5.10 Å². The lowest BCUT2D eigenvalue weighted by Gasteiger charge is -2.14. The van der Waals surface area contributed by atoms with Crippen LogP contribution in [0.15, 0.2) is 194 Å². The third-order valence-electron chi connectivity index (χ3n) is 18.1. The van der Waals surface area contributed by atoms with Gasteiger partial charge < -0.3 is 64.2 Å². The standard InChI is InChI=1S/2C15H13Cl2N3O3S.C15H13Cl2N3OS.C8H6Cl2N2O.C7H5ClN2S.2C7H8ClNS.C6H6ClN.C5H7N3/c2*1-20-7-11-14(15(20)21)10(6-13(17)19-11)18-9-4-3-8(16)5-12(9)24(2,22)23;1-20-7-11-14(15(20)21)10(6-13(17)19-11)18-9-4-3-8(16)5-12(9)22-2;1-12-3-5-7(8(12)13)4(9)2-6(10)11-5;8-4-1-2-5-6(3-4)11-7(9)10-5;2*1-10-7-4-5(8)2-3-6(7)9;7-5-1-3-6(8)4-2-5;1-4-2-3-5(6)8-7-4/h2*3-6H,7H2,1-2H3,(H,18,19);3-6H,7H2,1-2H3,(H,18,19);2H,3H2,1H3;1-3H,(H2,9,10);2*2-4H,9H2,1H3;1-4H,8H2;2-3H,1H3,(H2,6,8). The Morgan fingerprint density at radius 2 is 0.692 bits per heavy atom. The topological polar surface area (TPSA) is 406 Å². The van der Waals surface area contributed by atoms with Gasteiger partial charge in [0.05, 0.1) is 136 Å². The van der Waals surface area contributed by atoms with Crippen LogP contribution in [0.5, 0.6) is 0 Å². The molecule has 682 valence electrons. The highest BCUT2D eigenvalue weighted by atomic mass is 35.5. The Bertz CT molecular complexity index is 6350. The van der Waals surface area contributed by atoms with E-state index in [1.807, 2.05) is 86.4 Å². The zero-order valence-corrected chi connectivity index (χ0v) is 84.0. The maximum absolute atomic E-state index is 12.3. The van der Waals surface area contributed by atoms with E-state index in [1.54, 1.807) is 152 Å². The molecule has 130 heavy (non-hydrogen) atoms. The van der Waals surface area contributed by atoms with Gasteiger partial charge in [0, 0.05) is 108 Å². The average molecular weight is 2110 g/mol. The van der Waals surface area contributed by atoms with Crippen LogP contribution in [0.25, 0.3) is 10.2 Å². The average Bonchev–Trinajstić information content (AvgIpc) is 1.59. The van der Waals surface area contributed by atoms with Crippen LogP contribution in [0.4, 0.5) is 62.1 Å². The lowest BCUT2D eigenvalue weighted by molar-refractivity contribution is 0.0809. The Balaban J connectivity index is 0.000000170. The fourth-order valence-electron chi connectivity index (χ4n) is 12.0. The molecule has 0 radical (unpaired) electrons. The molecule has 6 aromatic heterocycles. The first-order valence-corrected chi connectivity index (χ1v) is 50.2. The molecule has 4 amide bonds. The van der Waals surface area contributed by atoms with Crippen molar-refractivity contribution in [3.05, 3.63) is 281 Å². The number of rotatable bonds is 11. The number of nitrogens with zero attached hydrogens (tertiary/aromatic N) is 11. The number of carbonyl (C=O) groups excluding carboxylic acids is 4. The summed E-state index contributed by atoms with van der Waals surface area (Å²) in [5.74, 6) is -0.0841. The summed E-state index contributed by atoms with van der Waals surface area (Å²) in [5, 5.41) is 22.9. The summed E-state index contributed by atoms with van der Waals surface area (Å²) >= 11 is 76.5. The van der Waals surface area contributed by atoms with E-state index in [9.17, 15) is 36.0 Å². The highest BCUT2D eigenvalue weighted by Gasteiger charge is 2.34. The third-order valence-corrected chi connectivity index (χ3v) is 26.3. The summed E-state index contributed by atoms with van der Waals surface area (Å²) in [6, 6.07) is 47.7. The Labute approximate surface area is 827 Å². The van der Waals surface area contributed by atoms with E-state index in [1.165, 1.54) is 51.5 Å². The largest absolute Gasteiger partial charge is 0.399 e. The molecule has 17 rings (SSSR count). The van der Waals surface area contributed by atoms with Crippen LogP contribution in [0, 0.1) is 6.92 Å². The Kier molecular flexibility index (Phi) is 37.7. The molecule has 0 unspecified atom stereocenters. The van der Waals surface area contributed by atoms with Gasteiger partial charge in [0.25, 0.3) is 23.6 Å². The van der Waals surface area contributed by atoms with Gasteiger partial charge in [0.1, 0.15) is 26.4 Å². The van der Waals surface area contributed by atoms with E-state index in [4.69, 9.17) is 168 Å². The van der Waals surface area contributed by atoms with Crippen LogP contribution >= 0.6 is 186 Å². The van der Waals surface area contributed by atoms with Gasteiger partial charge in [-0.3, -0.25) is 19.2 Å². The fraction of sp³-hybridized carbons (Fsp3) is 0.165. The first kappa shape index (κ1) is 105. The first-order chi connectivity index (χ1) is 61.2. The Morgan fingerprint density at radius 3 is 1.05 bits per heavy atom. The smallest absolute Gasteiger partial charge is 0.257 e. The molecule has 4 aliphatic heterocycles. The van der Waals surface area contributed by atoms with Crippen molar-refractivity contribution in [3.8, 4) is 0 Å². The van der Waals surface area contributed by atoms with Crippen LogP contribution in [0.1, 0.15) is 69.9 Å². The molecule has 0 aliphatic carbocycles. The second kappa shape index (κ2) is 46.9. The zero-order chi connectivity index (χ0) is 95.7. The van der Waals surface area contributed by atoms with Crippen molar-refractivity contribution in [1.82, 2.24) is 54.7 Å². The van der Waals surface area contributed by atoms with Crippen molar-refractivity contribution in [2.75, 3.05) is 104 Å².